The fraction of sp³-hybridized carbons (Fsp3) is 0.250. The molecule has 0 unspecified atom stereocenters. The van der Waals surface area contributed by atoms with Gasteiger partial charge in [0.05, 0.1) is 17.7 Å². The molecule has 5 nitrogen and oxygen atoms in total. The first-order chi connectivity index (χ1) is 8.58. The molecule has 0 aliphatic heterocycles. The molecule has 0 aliphatic carbocycles. The summed E-state index contributed by atoms with van der Waals surface area (Å²) in [4.78, 5) is 31.4. The minimum Gasteiger partial charge on any atom is -0.364 e. The van der Waals surface area contributed by atoms with E-state index >= 15 is 0 Å². The average molecular weight is 263 g/mol. The molecule has 0 aromatic carbocycles. The Morgan fingerprint density at radius 1 is 1.50 bits per heavy atom. The van der Waals surface area contributed by atoms with Gasteiger partial charge in [-0.1, -0.05) is 0 Å². The highest BCUT2D eigenvalue weighted by Gasteiger charge is 2.10. The summed E-state index contributed by atoms with van der Waals surface area (Å²) in [6.45, 7) is 4.04. The van der Waals surface area contributed by atoms with Crippen molar-refractivity contribution in [2.45, 2.75) is 20.4 Å². The number of nitrogens with one attached hydrogen (secondary N) is 2. The number of carbonyl (C=O) groups is 1. The smallest absolute Gasteiger partial charge is 0.257 e. The number of carbonyl (C=O) groups excluding carboxylic acids is 1. The Morgan fingerprint density at radius 2 is 2.28 bits per heavy atom. The molecule has 0 bridgehead atoms. The highest BCUT2D eigenvalue weighted by molar-refractivity contribution is 7.09. The van der Waals surface area contributed by atoms with E-state index in [1.165, 1.54) is 23.6 Å². The Kier molecular flexibility index (Phi) is 3.57. The second kappa shape index (κ2) is 5.14. The molecule has 1 amide bonds. The van der Waals surface area contributed by atoms with E-state index in [0.29, 0.717) is 6.54 Å². The molecule has 0 saturated carbocycles. The fourth-order valence-electron chi connectivity index (χ4n) is 1.50. The third kappa shape index (κ3) is 2.65. The van der Waals surface area contributed by atoms with Crippen molar-refractivity contribution < 1.29 is 4.79 Å². The van der Waals surface area contributed by atoms with Gasteiger partial charge < -0.3 is 10.3 Å². The van der Waals surface area contributed by atoms with Crippen LogP contribution in [0, 0.1) is 13.8 Å². The summed E-state index contributed by atoms with van der Waals surface area (Å²) in [5, 5.41) is 2.71. The molecule has 2 N–H and O–H groups in total. The number of aryl methyl sites for hydroxylation is 2. The Hall–Kier alpha value is -1.95. The van der Waals surface area contributed by atoms with Crippen molar-refractivity contribution in [3.63, 3.8) is 0 Å². The normalized spacial score (nSPS) is 10.3. The van der Waals surface area contributed by atoms with Gasteiger partial charge in [0.25, 0.3) is 5.91 Å². The Bertz CT molecular complexity index is 630. The van der Waals surface area contributed by atoms with Crippen LogP contribution in [0.25, 0.3) is 0 Å². The van der Waals surface area contributed by atoms with E-state index < -0.39 is 0 Å². The topological polar surface area (TPSA) is 74.8 Å². The summed E-state index contributed by atoms with van der Waals surface area (Å²) in [6, 6.07) is 1.41. The van der Waals surface area contributed by atoms with Crippen molar-refractivity contribution in [1.29, 1.82) is 0 Å². The summed E-state index contributed by atoms with van der Waals surface area (Å²) in [7, 11) is 0. The maximum Gasteiger partial charge on any atom is 0.257 e. The van der Waals surface area contributed by atoms with Gasteiger partial charge in [0.2, 0.25) is 0 Å². The molecular formula is C12H13N3O2S. The van der Waals surface area contributed by atoms with Gasteiger partial charge in [-0.05, 0) is 13.8 Å². The lowest BCUT2D eigenvalue weighted by Gasteiger charge is -2.04. The molecule has 2 aromatic heterocycles. The zero-order valence-electron chi connectivity index (χ0n) is 10.1. The number of H-pyrrole nitrogens is 1. The molecule has 6 heteroatoms. The lowest BCUT2D eigenvalue weighted by atomic mass is 10.2. The predicted molar refractivity (Wildman–Crippen MR) is 69.8 cm³/mol. The maximum absolute atomic E-state index is 11.8. The van der Waals surface area contributed by atoms with Gasteiger partial charge >= 0.3 is 0 Å². The minimum absolute atomic E-state index is 0.128. The van der Waals surface area contributed by atoms with E-state index in [9.17, 15) is 9.59 Å². The van der Waals surface area contributed by atoms with Gasteiger partial charge in [-0.3, -0.25) is 9.59 Å². The van der Waals surface area contributed by atoms with E-state index in [-0.39, 0.29) is 16.9 Å². The van der Waals surface area contributed by atoms with Gasteiger partial charge in [0.15, 0.2) is 5.43 Å². The summed E-state index contributed by atoms with van der Waals surface area (Å²) in [5.74, 6) is -0.371. The quantitative estimate of drug-likeness (QED) is 0.878. The molecule has 0 atom stereocenters. The molecule has 0 fully saturated rings. The molecule has 0 spiro atoms. The standard InChI is InChI=1S/C12H13N3O2S/c1-7-3-10(16)9(4-13-7)12(17)14-5-11-8(2)15-6-18-11/h3-4,6H,5H2,1-2H3,(H,13,16)(H,14,17). The predicted octanol–water partition coefficient (Wildman–Crippen LogP) is 1.38. The lowest BCUT2D eigenvalue weighted by Crippen LogP contribution is -2.28. The monoisotopic (exact) mass is 263 g/mol. The van der Waals surface area contributed by atoms with Crippen molar-refractivity contribution >= 4 is 17.2 Å². The van der Waals surface area contributed by atoms with Crippen LogP contribution in [0.5, 0.6) is 0 Å². The zero-order chi connectivity index (χ0) is 13.1. The summed E-state index contributed by atoms with van der Waals surface area (Å²) < 4.78 is 0. The average Bonchev–Trinajstić information content (AvgIpc) is 2.72. The summed E-state index contributed by atoms with van der Waals surface area (Å²) >= 11 is 1.48. The molecule has 2 rings (SSSR count). The van der Waals surface area contributed by atoms with Crippen LogP contribution in [0.15, 0.2) is 22.6 Å². The van der Waals surface area contributed by atoms with Crippen molar-refractivity contribution in [2.75, 3.05) is 0 Å². The van der Waals surface area contributed by atoms with Crippen LogP contribution in [0.1, 0.15) is 26.6 Å². The van der Waals surface area contributed by atoms with Gasteiger partial charge in [0.1, 0.15) is 5.56 Å². The molecule has 2 aromatic rings. The lowest BCUT2D eigenvalue weighted by molar-refractivity contribution is 0.0950. The first kappa shape index (κ1) is 12.5. The van der Waals surface area contributed by atoms with Crippen molar-refractivity contribution in [3.05, 3.63) is 49.8 Å². The molecule has 2 heterocycles. The SMILES string of the molecule is Cc1cc(=O)c(C(=O)NCc2scnc2C)c[nH]1. The third-order valence-electron chi connectivity index (χ3n) is 2.56. The zero-order valence-corrected chi connectivity index (χ0v) is 10.9. The molecule has 0 aliphatic rings. The Balaban J connectivity index is 2.09. The number of amides is 1. The minimum atomic E-state index is -0.371. The Morgan fingerprint density at radius 3 is 2.89 bits per heavy atom. The van der Waals surface area contributed by atoms with Gasteiger partial charge in [-0.15, -0.1) is 11.3 Å². The number of thiazole rings is 1. The highest BCUT2D eigenvalue weighted by Crippen LogP contribution is 2.11. The molecule has 0 saturated heterocycles. The summed E-state index contributed by atoms with van der Waals surface area (Å²) in [6.07, 6.45) is 1.44. The Labute approximate surface area is 108 Å². The number of hydrogen-bond acceptors (Lipinski definition) is 4. The van der Waals surface area contributed by atoms with Crippen LogP contribution in [-0.4, -0.2) is 15.9 Å². The first-order valence-electron chi connectivity index (χ1n) is 5.44. The van der Waals surface area contributed by atoms with Crippen LogP contribution in [0.2, 0.25) is 0 Å². The van der Waals surface area contributed by atoms with E-state index in [4.69, 9.17) is 0 Å². The van der Waals surface area contributed by atoms with Crippen LogP contribution < -0.4 is 10.7 Å². The fourth-order valence-corrected chi connectivity index (χ4v) is 2.22. The number of rotatable bonds is 3. The van der Waals surface area contributed by atoms with E-state index in [1.54, 1.807) is 12.4 Å². The number of nitrogens with zero attached hydrogens (tertiary/aromatic N) is 1. The maximum atomic E-state index is 11.8. The molecule has 18 heavy (non-hydrogen) atoms. The highest BCUT2D eigenvalue weighted by atomic mass is 32.1. The van der Waals surface area contributed by atoms with Crippen LogP contribution in [-0.2, 0) is 6.54 Å². The number of hydrogen-bond donors (Lipinski definition) is 2. The van der Waals surface area contributed by atoms with Crippen molar-refractivity contribution in [1.82, 2.24) is 15.3 Å². The molecule has 94 valence electrons. The van der Waals surface area contributed by atoms with Gasteiger partial charge in [-0.25, -0.2) is 4.98 Å². The van der Waals surface area contributed by atoms with Crippen molar-refractivity contribution in [2.24, 2.45) is 0 Å². The van der Waals surface area contributed by atoms with Gasteiger partial charge in [-0.2, -0.15) is 0 Å². The van der Waals surface area contributed by atoms with E-state index in [1.807, 2.05) is 6.92 Å². The number of pyridine rings is 1. The van der Waals surface area contributed by atoms with Gasteiger partial charge in [0, 0.05) is 22.8 Å². The van der Waals surface area contributed by atoms with Crippen LogP contribution in [0.4, 0.5) is 0 Å². The third-order valence-corrected chi connectivity index (χ3v) is 3.49. The number of aromatic nitrogens is 2. The molecule has 0 radical (unpaired) electrons. The second-order valence-corrected chi connectivity index (χ2v) is 4.88. The number of aromatic amines is 1. The van der Waals surface area contributed by atoms with Crippen LogP contribution >= 0.6 is 11.3 Å². The van der Waals surface area contributed by atoms with Crippen LogP contribution in [0.3, 0.4) is 0 Å². The molecular weight excluding hydrogens is 250 g/mol. The first-order valence-corrected chi connectivity index (χ1v) is 6.32. The van der Waals surface area contributed by atoms with Crippen molar-refractivity contribution in [3.8, 4) is 0 Å². The largest absolute Gasteiger partial charge is 0.364 e. The van der Waals surface area contributed by atoms with E-state index in [0.717, 1.165) is 16.3 Å². The summed E-state index contributed by atoms with van der Waals surface area (Å²) in [5.41, 5.74) is 3.22. The second-order valence-electron chi connectivity index (χ2n) is 3.94. The van der Waals surface area contributed by atoms with E-state index in [2.05, 4.69) is 15.3 Å².